The van der Waals surface area contributed by atoms with Crippen molar-refractivity contribution in [1.29, 1.82) is 0 Å². The van der Waals surface area contributed by atoms with Gasteiger partial charge in [0.25, 0.3) is 0 Å². The lowest BCUT2D eigenvalue weighted by molar-refractivity contribution is -0.122. The third-order valence-electron chi connectivity index (χ3n) is 3.76. The van der Waals surface area contributed by atoms with E-state index in [1.165, 1.54) is 12.1 Å². The van der Waals surface area contributed by atoms with E-state index in [0.29, 0.717) is 11.1 Å². The van der Waals surface area contributed by atoms with Crippen molar-refractivity contribution >= 4 is 27.5 Å². The lowest BCUT2D eigenvalue weighted by atomic mass is 10.1. The lowest BCUT2D eigenvalue weighted by Gasteiger charge is -2.11. The molecule has 1 amide bonds. The quantitative estimate of drug-likeness (QED) is 0.504. The fraction of sp³-hybridized carbons (Fsp3) is 0.533. The zero-order valence-corrected chi connectivity index (χ0v) is 15.1. The number of carbonyl (C=O) groups is 1. The summed E-state index contributed by atoms with van der Waals surface area (Å²) in [6.45, 7) is 2.43. The largest absolute Gasteiger partial charge is 0.353 e. The van der Waals surface area contributed by atoms with Gasteiger partial charge in [-0.25, -0.2) is 18.6 Å². The number of carbonyl (C=O) groups excluding carboxylic acids is 1. The van der Waals surface area contributed by atoms with E-state index in [2.05, 4.69) is 27.8 Å². The number of hydrogen-bond donors (Lipinski definition) is 4. The Balaban J connectivity index is 1.74. The van der Waals surface area contributed by atoms with E-state index in [1.807, 2.05) is 0 Å². The Labute approximate surface area is 147 Å². The first-order chi connectivity index (χ1) is 11.4. The summed E-state index contributed by atoms with van der Waals surface area (Å²) in [6.07, 6.45) is 2.79. The minimum Gasteiger partial charge on any atom is -0.353 e. The normalized spacial score (nSPS) is 20.9. The summed E-state index contributed by atoms with van der Waals surface area (Å²) in [5, 5.41) is 3.08. The summed E-state index contributed by atoms with van der Waals surface area (Å²) < 4.78 is 26.6. The van der Waals surface area contributed by atoms with E-state index in [1.54, 1.807) is 12.1 Å². The first kappa shape index (κ1) is 19.1. The van der Waals surface area contributed by atoms with Crippen molar-refractivity contribution in [2.75, 3.05) is 13.1 Å². The first-order valence-electron chi connectivity index (χ1n) is 7.96. The standard InChI is InChI=1S/C15H23ClN4O3S/c1-2-4-12-10-14(20-19-12)15(21)17-7-8-18-24(22,23)13-6-3-5-11(16)9-13/h3,5-6,9,12,14,18-20H,2,4,7-8,10H2,1H3,(H,17,21). The number of halogens is 1. The minimum absolute atomic E-state index is 0.102. The maximum atomic E-state index is 12.1. The minimum atomic E-state index is -3.63. The van der Waals surface area contributed by atoms with Gasteiger partial charge in [0, 0.05) is 24.2 Å². The van der Waals surface area contributed by atoms with Crippen molar-refractivity contribution in [3.63, 3.8) is 0 Å². The van der Waals surface area contributed by atoms with Gasteiger partial charge >= 0.3 is 0 Å². The first-order valence-corrected chi connectivity index (χ1v) is 9.82. The maximum Gasteiger partial charge on any atom is 0.240 e. The van der Waals surface area contributed by atoms with Crippen LogP contribution in [0.5, 0.6) is 0 Å². The summed E-state index contributed by atoms with van der Waals surface area (Å²) in [5.41, 5.74) is 6.06. The smallest absolute Gasteiger partial charge is 0.240 e. The van der Waals surface area contributed by atoms with Gasteiger partial charge in [-0.3, -0.25) is 10.2 Å². The summed E-state index contributed by atoms with van der Waals surface area (Å²) >= 11 is 5.80. The number of amides is 1. The van der Waals surface area contributed by atoms with Crippen LogP contribution in [-0.4, -0.2) is 39.5 Å². The molecule has 2 atom stereocenters. The maximum absolute atomic E-state index is 12.1. The molecule has 1 aromatic rings. The second kappa shape index (κ2) is 8.77. The van der Waals surface area contributed by atoms with Gasteiger partial charge in [-0.05, 0) is 31.0 Å². The molecule has 24 heavy (non-hydrogen) atoms. The van der Waals surface area contributed by atoms with E-state index in [-0.39, 0.29) is 29.9 Å². The molecule has 0 aliphatic carbocycles. The van der Waals surface area contributed by atoms with Gasteiger partial charge in [0.2, 0.25) is 15.9 Å². The molecule has 1 aliphatic rings. The number of rotatable bonds is 8. The molecule has 0 saturated carbocycles. The van der Waals surface area contributed by atoms with Crippen molar-refractivity contribution in [3.8, 4) is 0 Å². The molecule has 2 unspecified atom stereocenters. The van der Waals surface area contributed by atoms with Gasteiger partial charge in [0.15, 0.2) is 0 Å². The molecule has 2 rings (SSSR count). The number of hydrazine groups is 1. The Bertz CT molecular complexity index is 668. The lowest BCUT2D eigenvalue weighted by Crippen LogP contribution is -2.45. The highest BCUT2D eigenvalue weighted by molar-refractivity contribution is 7.89. The zero-order valence-electron chi connectivity index (χ0n) is 13.5. The highest BCUT2D eigenvalue weighted by Crippen LogP contribution is 2.15. The number of hydrogen-bond acceptors (Lipinski definition) is 5. The van der Waals surface area contributed by atoms with Crippen LogP contribution in [0, 0.1) is 0 Å². The molecule has 7 nitrogen and oxygen atoms in total. The van der Waals surface area contributed by atoms with Crippen LogP contribution < -0.4 is 20.9 Å². The van der Waals surface area contributed by atoms with E-state index >= 15 is 0 Å². The summed E-state index contributed by atoms with van der Waals surface area (Å²) in [6, 6.07) is 6.04. The monoisotopic (exact) mass is 374 g/mol. The average molecular weight is 375 g/mol. The Morgan fingerprint density at radius 1 is 1.33 bits per heavy atom. The highest BCUT2D eigenvalue weighted by atomic mass is 35.5. The van der Waals surface area contributed by atoms with E-state index in [4.69, 9.17) is 11.6 Å². The number of benzene rings is 1. The van der Waals surface area contributed by atoms with Crippen molar-refractivity contribution in [2.45, 2.75) is 43.2 Å². The molecule has 1 saturated heterocycles. The van der Waals surface area contributed by atoms with Crippen LogP contribution in [0.25, 0.3) is 0 Å². The van der Waals surface area contributed by atoms with Gasteiger partial charge in [-0.2, -0.15) is 0 Å². The predicted molar refractivity (Wildman–Crippen MR) is 93.0 cm³/mol. The number of sulfonamides is 1. The van der Waals surface area contributed by atoms with Gasteiger partial charge in [0.05, 0.1) is 4.90 Å². The molecule has 1 fully saturated rings. The van der Waals surface area contributed by atoms with Crippen LogP contribution in [0.4, 0.5) is 0 Å². The van der Waals surface area contributed by atoms with Crippen molar-refractivity contribution in [2.24, 2.45) is 0 Å². The van der Waals surface area contributed by atoms with E-state index in [0.717, 1.165) is 19.3 Å². The molecule has 4 N–H and O–H groups in total. The van der Waals surface area contributed by atoms with E-state index < -0.39 is 10.0 Å². The van der Waals surface area contributed by atoms with Crippen LogP contribution in [-0.2, 0) is 14.8 Å². The number of nitrogens with one attached hydrogen (secondary N) is 4. The average Bonchev–Trinajstić information content (AvgIpc) is 3.00. The molecule has 0 radical (unpaired) electrons. The molecule has 1 heterocycles. The van der Waals surface area contributed by atoms with Gasteiger partial charge in [-0.15, -0.1) is 0 Å². The molecule has 1 aliphatic heterocycles. The van der Waals surface area contributed by atoms with Crippen LogP contribution in [0.1, 0.15) is 26.2 Å². The molecule has 134 valence electrons. The van der Waals surface area contributed by atoms with Crippen LogP contribution in [0.3, 0.4) is 0 Å². The Hall–Kier alpha value is -1.19. The van der Waals surface area contributed by atoms with Crippen LogP contribution in [0.15, 0.2) is 29.2 Å². The fourth-order valence-corrected chi connectivity index (χ4v) is 3.88. The third kappa shape index (κ3) is 5.42. The van der Waals surface area contributed by atoms with Crippen LogP contribution in [0.2, 0.25) is 5.02 Å². The van der Waals surface area contributed by atoms with E-state index in [9.17, 15) is 13.2 Å². The summed E-state index contributed by atoms with van der Waals surface area (Å²) in [5.74, 6) is -0.136. The molecular weight excluding hydrogens is 352 g/mol. The Morgan fingerprint density at radius 2 is 2.12 bits per heavy atom. The van der Waals surface area contributed by atoms with Crippen molar-refractivity contribution < 1.29 is 13.2 Å². The molecule has 1 aromatic carbocycles. The van der Waals surface area contributed by atoms with Crippen molar-refractivity contribution in [3.05, 3.63) is 29.3 Å². The molecular formula is C15H23ClN4O3S. The third-order valence-corrected chi connectivity index (χ3v) is 5.45. The van der Waals surface area contributed by atoms with Crippen molar-refractivity contribution in [1.82, 2.24) is 20.9 Å². The summed E-state index contributed by atoms with van der Waals surface area (Å²) in [4.78, 5) is 12.1. The summed E-state index contributed by atoms with van der Waals surface area (Å²) in [7, 11) is -3.63. The molecule has 0 bridgehead atoms. The second-order valence-electron chi connectivity index (χ2n) is 5.71. The van der Waals surface area contributed by atoms with Gasteiger partial charge < -0.3 is 5.32 Å². The SMILES string of the molecule is CCCC1CC(C(=O)NCCNS(=O)(=O)c2cccc(Cl)c2)NN1. The van der Waals surface area contributed by atoms with Gasteiger partial charge in [0.1, 0.15) is 6.04 Å². The predicted octanol–water partition coefficient (Wildman–Crippen LogP) is 0.770. The Morgan fingerprint density at radius 3 is 2.83 bits per heavy atom. The topological polar surface area (TPSA) is 99.3 Å². The fourth-order valence-electron chi connectivity index (χ4n) is 2.54. The molecule has 0 aromatic heterocycles. The molecule has 0 spiro atoms. The van der Waals surface area contributed by atoms with Gasteiger partial charge in [-0.1, -0.05) is 31.0 Å². The zero-order chi connectivity index (χ0) is 17.6. The second-order valence-corrected chi connectivity index (χ2v) is 7.91. The Kier molecular flexibility index (Phi) is 7.00. The highest BCUT2D eigenvalue weighted by Gasteiger charge is 2.28. The van der Waals surface area contributed by atoms with Crippen LogP contribution >= 0.6 is 11.6 Å². The molecule has 9 heteroatoms.